The van der Waals surface area contributed by atoms with Crippen LogP contribution < -0.4 is 16.4 Å². The summed E-state index contributed by atoms with van der Waals surface area (Å²) < 4.78 is 21.9. The predicted molar refractivity (Wildman–Crippen MR) is 265 cm³/mol. The van der Waals surface area contributed by atoms with Gasteiger partial charge in [0.25, 0.3) is 0 Å². The van der Waals surface area contributed by atoms with Gasteiger partial charge in [0.15, 0.2) is 0 Å². The fraction of sp³-hybridized carbons (Fsp3) is 1.00. The Morgan fingerprint density at radius 2 is 0.721 bits per heavy atom. The smallest absolute Gasteiger partial charge is 0.342 e. The minimum Gasteiger partial charge on any atom is -0.393 e. The van der Waals surface area contributed by atoms with Crippen LogP contribution in [0.3, 0.4) is 0 Å². The normalized spacial score (nSPS) is 25.8. The third-order valence-corrected chi connectivity index (χ3v) is 15.2. The van der Waals surface area contributed by atoms with E-state index in [1.54, 1.807) is 0 Å². The van der Waals surface area contributed by atoms with E-state index in [2.05, 4.69) is 10.6 Å². The lowest BCUT2D eigenvalue weighted by Crippen LogP contribution is -2.60. The van der Waals surface area contributed by atoms with Gasteiger partial charge < -0.3 is 77.2 Å². The topological polar surface area (TPSA) is 340 Å². The van der Waals surface area contributed by atoms with Crippen LogP contribution in [0, 0.1) is 0 Å². The molecule has 23 heteroatoms. The Balaban J connectivity index is 0.000000839. The van der Waals surface area contributed by atoms with Gasteiger partial charge in [-0.25, -0.2) is 0 Å². The van der Waals surface area contributed by atoms with E-state index in [1.165, 1.54) is 20.3 Å². The quantitative estimate of drug-likeness (QED) is 0.0943. The van der Waals surface area contributed by atoms with Crippen molar-refractivity contribution in [1.82, 2.24) is 30.9 Å². The van der Waals surface area contributed by atoms with Gasteiger partial charge in [-0.05, 0) is 175 Å². The van der Waals surface area contributed by atoms with Crippen LogP contribution in [0.15, 0.2) is 0 Å². The number of aliphatic hydroxyl groups excluding tert-OH is 4. The summed E-state index contributed by atoms with van der Waals surface area (Å²) >= 11 is 0. The summed E-state index contributed by atoms with van der Waals surface area (Å²) in [6.07, 6.45) is 4.35. The molecule has 0 aliphatic carbocycles. The summed E-state index contributed by atoms with van der Waals surface area (Å²) in [5, 5.41) is 88.7. The molecule has 1 unspecified atom stereocenters. The van der Waals surface area contributed by atoms with Gasteiger partial charge in [0.2, 0.25) is 0 Å². The summed E-state index contributed by atoms with van der Waals surface area (Å²) in [7, 11) is -8.31. The molecule has 4 aliphatic heterocycles. The molecule has 0 radical (unpaired) electrons. The maximum absolute atomic E-state index is 11.3. The van der Waals surface area contributed by atoms with Gasteiger partial charge in [-0.1, -0.05) is 6.42 Å². The summed E-state index contributed by atoms with van der Waals surface area (Å²) in [6.45, 7) is 33.1. The van der Waals surface area contributed by atoms with Crippen molar-refractivity contribution in [3.05, 3.63) is 0 Å². The fourth-order valence-electron chi connectivity index (χ4n) is 10.5. The highest BCUT2D eigenvalue weighted by Crippen LogP contribution is 2.43. The highest BCUT2D eigenvalue weighted by atomic mass is 31.2. The third-order valence-electron chi connectivity index (χ3n) is 13.1. The Labute approximate surface area is 409 Å². The van der Waals surface area contributed by atoms with Crippen molar-refractivity contribution in [3.8, 4) is 0 Å². The number of nitrogens with zero attached hydrogens (tertiary/aromatic N) is 4. The maximum Gasteiger partial charge on any atom is 0.342 e. The van der Waals surface area contributed by atoms with E-state index >= 15 is 0 Å². The Bertz CT molecular complexity index is 1350. The molecule has 4 aliphatic rings. The van der Waals surface area contributed by atoms with Crippen LogP contribution in [0.2, 0.25) is 0 Å². The molecule has 1 atom stereocenters. The molecule has 0 aromatic heterocycles. The Hall–Kier alpha value is -0.300. The molecule has 4 rings (SSSR count). The van der Waals surface area contributed by atoms with Gasteiger partial charge >= 0.3 is 15.2 Å². The largest absolute Gasteiger partial charge is 0.393 e. The lowest BCUT2D eigenvalue weighted by Gasteiger charge is -2.50. The number of hydroxylamine groups is 8. The summed E-state index contributed by atoms with van der Waals surface area (Å²) in [4.78, 5) is 35.8. The zero-order valence-electron chi connectivity index (χ0n) is 44.6. The van der Waals surface area contributed by atoms with Gasteiger partial charge in [0.05, 0.1) is 24.4 Å². The van der Waals surface area contributed by atoms with Crippen LogP contribution in [0.5, 0.6) is 0 Å². The van der Waals surface area contributed by atoms with Crippen molar-refractivity contribution < 1.29 is 70.0 Å². The minimum absolute atomic E-state index is 0.168. The van der Waals surface area contributed by atoms with Crippen molar-refractivity contribution >= 4 is 15.2 Å². The van der Waals surface area contributed by atoms with Crippen molar-refractivity contribution in [2.75, 3.05) is 32.3 Å². The third kappa shape index (κ3) is 23.3. The zero-order chi connectivity index (χ0) is 53.9. The molecule has 4 saturated heterocycles. The second kappa shape index (κ2) is 26.3. The second-order valence-electron chi connectivity index (χ2n) is 24.5. The molecule has 4 heterocycles. The van der Waals surface area contributed by atoms with E-state index in [0.717, 1.165) is 0 Å². The Kier molecular flexibility index (Phi) is 26.1. The van der Waals surface area contributed by atoms with Crippen molar-refractivity contribution in [1.29, 1.82) is 0 Å². The van der Waals surface area contributed by atoms with Crippen LogP contribution in [-0.2, 0) is 9.13 Å². The Morgan fingerprint density at radius 3 is 0.926 bits per heavy atom. The molecule has 16 N–H and O–H groups in total. The van der Waals surface area contributed by atoms with Gasteiger partial charge in [-0.3, -0.25) is 9.13 Å². The average molecular weight is 1030 g/mol. The molecule has 0 spiro atoms. The molecule has 21 nitrogen and oxygen atoms in total. The molecule has 0 amide bonds. The van der Waals surface area contributed by atoms with E-state index < -0.39 is 21.0 Å². The molecule has 410 valence electrons. The first-order valence-electron chi connectivity index (χ1n) is 24.1. The predicted octanol–water partition coefficient (Wildman–Crippen LogP) is 4.53. The van der Waals surface area contributed by atoms with E-state index in [-0.39, 0.29) is 87.7 Å². The summed E-state index contributed by atoms with van der Waals surface area (Å²) in [5.74, 6) is -0.987. The number of nitrogens with one attached hydrogen (secondary N) is 2. The molecule has 4 fully saturated rings. The molecule has 0 saturated carbocycles. The number of nitrogens with two attached hydrogens (primary N) is 1. The van der Waals surface area contributed by atoms with Gasteiger partial charge in [0, 0.05) is 76.7 Å². The first-order valence-corrected chi connectivity index (χ1v) is 27.6. The first kappa shape index (κ1) is 67.7. The molecule has 0 bridgehead atoms. The number of rotatable bonds is 12. The van der Waals surface area contributed by atoms with Crippen molar-refractivity contribution in [2.24, 2.45) is 5.73 Å². The zero-order valence-corrected chi connectivity index (χ0v) is 46.4. The van der Waals surface area contributed by atoms with Gasteiger partial charge in [-0.15, -0.1) is 0 Å². The lowest BCUT2D eigenvalue weighted by molar-refractivity contribution is -0.257. The second-order valence-corrected chi connectivity index (χ2v) is 28.1. The molecular weight excluding hydrogens is 924 g/mol. The number of unbranched alkanes of at least 4 members (excludes halogenated alkanes) is 1. The van der Waals surface area contributed by atoms with E-state index in [1.807, 2.05) is 111 Å². The van der Waals surface area contributed by atoms with Gasteiger partial charge in [-0.2, -0.15) is 20.3 Å². The van der Waals surface area contributed by atoms with E-state index in [0.29, 0.717) is 84.0 Å². The van der Waals surface area contributed by atoms with Gasteiger partial charge in [0.1, 0.15) is 5.78 Å². The van der Waals surface area contributed by atoms with Crippen molar-refractivity contribution in [2.45, 2.75) is 256 Å². The number of hydrogen-bond donors (Lipinski definition) is 15. The standard InChI is InChI=1S/C9H25N3O6P2.4C9H19NO2/c10-4-5-11-6-7-12-9(20(16,17)18)3-1-2-8-19(13,14)15;4*1-8(2)5-7(11)6-9(3,4)10(8)12/h9,11-12H,1-8,10H2,(H2,13,14,15)(H2,16,17,18);4*7,11-12H,5-6H2,1-4H3. The van der Waals surface area contributed by atoms with Crippen molar-refractivity contribution in [3.63, 3.8) is 0 Å². The molecule has 0 aromatic carbocycles. The van der Waals surface area contributed by atoms with E-state index in [9.17, 15) is 60.2 Å². The molecule has 68 heavy (non-hydrogen) atoms. The lowest BCUT2D eigenvalue weighted by atomic mass is 9.80. The molecule has 0 aromatic rings. The maximum atomic E-state index is 11.3. The molecular formula is C45H101N7O14P2. The number of piperidine rings is 4. The van der Waals surface area contributed by atoms with Crippen LogP contribution in [0.25, 0.3) is 0 Å². The van der Waals surface area contributed by atoms with Crippen LogP contribution in [0.1, 0.15) is 181 Å². The first-order chi connectivity index (χ1) is 30.2. The minimum atomic E-state index is -4.27. The Morgan fingerprint density at radius 1 is 0.471 bits per heavy atom. The fourth-order valence-corrected chi connectivity index (χ4v) is 12.0. The van der Waals surface area contributed by atoms with E-state index in [4.69, 9.17) is 15.5 Å². The van der Waals surface area contributed by atoms with Crippen LogP contribution in [-0.4, -0.2) is 188 Å². The summed E-state index contributed by atoms with van der Waals surface area (Å²) in [5.41, 5.74) is 2.74. The highest BCUT2D eigenvalue weighted by Gasteiger charge is 2.47. The highest BCUT2D eigenvalue weighted by molar-refractivity contribution is 7.52. The van der Waals surface area contributed by atoms with Crippen LogP contribution in [0.4, 0.5) is 0 Å². The summed E-state index contributed by atoms with van der Waals surface area (Å²) in [6, 6.07) is 0. The SMILES string of the molecule is CC1(C)CC(O)CC(C)(C)N1O.CC1(C)CC(O)CC(C)(C)N1O.CC1(C)CC(O)CC(C)(C)N1O.CC1(C)CC(O)CC(C)(C)N1O.NCCNCCNC(CCCCP(=O)(O)O)P(=O)(O)O. The number of aliphatic hydroxyl groups is 4. The average Bonchev–Trinajstić information content (AvgIpc) is 3.10. The van der Waals surface area contributed by atoms with Crippen LogP contribution >= 0.6 is 15.2 Å². The number of hydrogen-bond acceptors (Lipinski definition) is 17. The monoisotopic (exact) mass is 1030 g/mol.